The number of hydrogen-bond donors (Lipinski definition) is 2. The van der Waals surface area contributed by atoms with Gasteiger partial charge in [-0.15, -0.1) is 13.2 Å². The van der Waals surface area contributed by atoms with Crippen LogP contribution in [0.15, 0.2) is 24.4 Å². The minimum atomic E-state index is -4.89. The molecule has 2 bridgehead atoms. The van der Waals surface area contributed by atoms with Crippen LogP contribution in [0.25, 0.3) is 11.4 Å². The Balaban J connectivity index is 1.36. The molecule has 2 fully saturated rings. The van der Waals surface area contributed by atoms with Crippen molar-refractivity contribution in [2.75, 3.05) is 43.6 Å². The van der Waals surface area contributed by atoms with E-state index in [1.807, 2.05) is 0 Å². The fourth-order valence-electron chi connectivity index (χ4n) is 6.21. The molecule has 1 aromatic carbocycles. The van der Waals surface area contributed by atoms with E-state index in [-0.39, 0.29) is 37.1 Å². The van der Waals surface area contributed by atoms with E-state index in [1.54, 1.807) is 25.3 Å². The Morgan fingerprint density at radius 1 is 1.19 bits per heavy atom. The van der Waals surface area contributed by atoms with E-state index in [2.05, 4.69) is 42.0 Å². The molecule has 0 amide bonds. The third kappa shape index (κ3) is 5.36. The lowest BCUT2D eigenvalue weighted by molar-refractivity contribution is -0.274. The van der Waals surface area contributed by atoms with Gasteiger partial charge in [-0.25, -0.2) is 14.8 Å². The fourth-order valence-corrected chi connectivity index (χ4v) is 6.21. The van der Waals surface area contributed by atoms with E-state index in [0.29, 0.717) is 41.9 Å². The molecule has 3 aromatic rings. The van der Waals surface area contributed by atoms with Crippen LogP contribution < -0.4 is 15.0 Å². The van der Waals surface area contributed by atoms with Crippen LogP contribution >= 0.6 is 0 Å². The molecular weight excluding hydrogens is 555 g/mol. The maximum atomic E-state index is 13.3. The fraction of sp³-hybridized carbons (Fsp3) is 0.500. The molecule has 0 spiro atoms. The summed E-state index contributed by atoms with van der Waals surface area (Å²) in [7, 11) is 2.12. The summed E-state index contributed by atoms with van der Waals surface area (Å²) in [5.74, 6) is -0.914. The summed E-state index contributed by atoms with van der Waals surface area (Å²) < 4.78 is 51.0. The normalized spacial score (nSPS) is 19.8. The number of carbonyl (C=O) groups is 1. The molecule has 0 radical (unpaired) electrons. The number of aliphatic hydroxyl groups is 1. The number of hydrogen-bond acceptors (Lipinski definition) is 10. The highest BCUT2D eigenvalue weighted by molar-refractivity contribution is 5.91. The maximum Gasteiger partial charge on any atom is 0.573 e. The first-order chi connectivity index (χ1) is 20.1. The summed E-state index contributed by atoms with van der Waals surface area (Å²) in [4.78, 5) is 26.2. The molecule has 11 nitrogen and oxygen atoms in total. The maximum absolute atomic E-state index is 13.3. The molecule has 42 heavy (non-hydrogen) atoms. The van der Waals surface area contributed by atoms with Crippen molar-refractivity contribution in [3.05, 3.63) is 41.2 Å². The predicted octanol–water partition coefficient (Wildman–Crippen LogP) is 3.53. The van der Waals surface area contributed by atoms with Crippen molar-refractivity contribution in [1.29, 1.82) is 0 Å². The van der Waals surface area contributed by atoms with E-state index in [1.165, 1.54) is 10.7 Å². The second kappa shape index (κ2) is 11.1. The molecular formula is C28H32F3N7O4. The molecule has 224 valence electrons. The number of nitrogens with zero attached hydrogens (tertiary/aromatic N) is 6. The first-order valence-electron chi connectivity index (χ1n) is 14.0. The van der Waals surface area contributed by atoms with Crippen LogP contribution in [0.3, 0.4) is 0 Å². The number of alkyl halides is 3. The number of nitrogens with one attached hydrogen (secondary N) is 1. The van der Waals surface area contributed by atoms with Crippen LogP contribution in [0.4, 0.5) is 30.5 Å². The van der Waals surface area contributed by atoms with Gasteiger partial charge in [0.25, 0.3) is 0 Å². The number of likely N-dealkylation sites (N-methyl/N-ethyl adjacent to an activating group) is 1. The number of rotatable bonds is 8. The third-order valence-electron chi connectivity index (χ3n) is 8.21. The monoisotopic (exact) mass is 587 g/mol. The van der Waals surface area contributed by atoms with Gasteiger partial charge in [-0.2, -0.15) is 5.10 Å². The van der Waals surface area contributed by atoms with Gasteiger partial charge in [0.2, 0.25) is 5.95 Å². The number of ether oxygens (including phenoxy) is 2. The summed E-state index contributed by atoms with van der Waals surface area (Å²) in [6.45, 7) is 3.34. The van der Waals surface area contributed by atoms with Crippen LogP contribution in [0.5, 0.6) is 5.75 Å². The number of anilines is 3. The van der Waals surface area contributed by atoms with E-state index in [9.17, 15) is 23.1 Å². The largest absolute Gasteiger partial charge is 0.573 e. The summed E-state index contributed by atoms with van der Waals surface area (Å²) in [5, 5.41) is 17.0. The first kappa shape index (κ1) is 28.2. The Labute approximate surface area is 240 Å². The number of benzene rings is 1. The molecule has 2 aromatic heterocycles. The molecule has 2 saturated heterocycles. The molecule has 2 aliphatic heterocycles. The zero-order valence-corrected chi connectivity index (χ0v) is 23.3. The Bertz CT molecular complexity index is 1480. The van der Waals surface area contributed by atoms with Crippen LogP contribution in [-0.2, 0) is 24.1 Å². The van der Waals surface area contributed by atoms with Crippen molar-refractivity contribution in [3.63, 3.8) is 0 Å². The van der Waals surface area contributed by atoms with E-state index in [4.69, 9.17) is 4.74 Å². The second-order valence-electron chi connectivity index (χ2n) is 10.7. The van der Waals surface area contributed by atoms with Crippen LogP contribution in [0, 0.1) is 0 Å². The molecule has 2 atom stereocenters. The zero-order chi connectivity index (χ0) is 29.6. The lowest BCUT2D eigenvalue weighted by Gasteiger charge is -2.40. The number of aryl methyl sites for hydroxylation is 1. The summed E-state index contributed by atoms with van der Waals surface area (Å²) >= 11 is 0. The van der Waals surface area contributed by atoms with Gasteiger partial charge in [0, 0.05) is 42.6 Å². The van der Waals surface area contributed by atoms with Crippen molar-refractivity contribution in [1.82, 2.24) is 24.6 Å². The Morgan fingerprint density at radius 2 is 1.95 bits per heavy atom. The molecule has 6 rings (SSSR count). The quantitative estimate of drug-likeness (QED) is 0.379. The summed E-state index contributed by atoms with van der Waals surface area (Å²) in [5.41, 5.74) is 3.47. The molecule has 3 aliphatic rings. The van der Waals surface area contributed by atoms with Gasteiger partial charge in [0.1, 0.15) is 0 Å². The average Bonchev–Trinajstić information content (AvgIpc) is 3.39. The molecule has 4 heterocycles. The number of halogens is 3. The van der Waals surface area contributed by atoms with Crippen LogP contribution in [0.2, 0.25) is 0 Å². The second-order valence-corrected chi connectivity index (χ2v) is 10.7. The molecule has 2 unspecified atom stereocenters. The van der Waals surface area contributed by atoms with E-state index < -0.39 is 18.1 Å². The van der Waals surface area contributed by atoms with Crippen molar-refractivity contribution in [3.8, 4) is 17.1 Å². The number of esters is 1. The molecule has 1 aliphatic carbocycles. The van der Waals surface area contributed by atoms with E-state index in [0.717, 1.165) is 37.2 Å². The van der Waals surface area contributed by atoms with Gasteiger partial charge in [-0.05, 0) is 63.4 Å². The van der Waals surface area contributed by atoms with Crippen molar-refractivity contribution in [2.45, 2.75) is 57.6 Å². The van der Waals surface area contributed by atoms with Crippen LogP contribution in [0.1, 0.15) is 41.4 Å². The zero-order valence-electron chi connectivity index (χ0n) is 23.3. The Kier molecular flexibility index (Phi) is 7.43. The van der Waals surface area contributed by atoms with Gasteiger partial charge in [-0.1, -0.05) is 0 Å². The van der Waals surface area contributed by atoms with Crippen molar-refractivity contribution >= 4 is 23.3 Å². The Morgan fingerprint density at radius 3 is 2.64 bits per heavy atom. The van der Waals surface area contributed by atoms with Gasteiger partial charge in [-0.3, -0.25) is 9.58 Å². The number of fused-ring (bicyclic) bond motifs is 5. The number of aromatic nitrogens is 4. The van der Waals surface area contributed by atoms with Crippen molar-refractivity contribution in [2.24, 2.45) is 0 Å². The van der Waals surface area contributed by atoms with Crippen LogP contribution in [-0.4, -0.2) is 87.5 Å². The van der Waals surface area contributed by atoms with Gasteiger partial charge in [0.05, 0.1) is 36.8 Å². The van der Waals surface area contributed by atoms with Gasteiger partial charge >= 0.3 is 12.3 Å². The minimum absolute atomic E-state index is 0.0543. The average molecular weight is 588 g/mol. The number of aliphatic hydroxyl groups excluding tert-OH is 1. The highest BCUT2D eigenvalue weighted by Crippen LogP contribution is 2.39. The highest BCUT2D eigenvalue weighted by atomic mass is 19.4. The standard InChI is InChI=1S/C28H32F3N7O4/c1-3-41-26(40)24-20-8-4-16-13-32-27(34-23(16)25(20)38(35-24)10-11-39)33-21-12-17(7-9-22(21)42-28(29,30)31)37-14-18-5-6-19(15-37)36(18)2/h7,9,12-13,18-19,39H,3-6,8,10-11,14-15H2,1-2H3,(H,32,33,34). The van der Waals surface area contributed by atoms with Crippen molar-refractivity contribution < 1.29 is 32.5 Å². The minimum Gasteiger partial charge on any atom is -0.461 e. The SMILES string of the molecule is CCOC(=O)c1nn(CCO)c2c1CCc1cnc(Nc3cc(N4CC5CCC(C4)N5C)ccc3OC(F)(F)F)nc1-2. The smallest absolute Gasteiger partial charge is 0.461 e. The molecule has 2 N–H and O–H groups in total. The van der Waals surface area contributed by atoms with Gasteiger partial charge < -0.3 is 24.8 Å². The third-order valence-corrected chi connectivity index (χ3v) is 8.21. The lowest BCUT2D eigenvalue weighted by atomic mass is 9.93. The summed E-state index contributed by atoms with van der Waals surface area (Å²) in [6, 6.07) is 5.38. The lowest BCUT2D eigenvalue weighted by Crippen LogP contribution is -2.52. The predicted molar refractivity (Wildman–Crippen MR) is 147 cm³/mol. The summed E-state index contributed by atoms with van der Waals surface area (Å²) in [6.07, 6.45) is -0.0708. The first-order valence-corrected chi connectivity index (χ1v) is 14.0. The topological polar surface area (TPSA) is 118 Å². The Hall–Kier alpha value is -3.91. The molecule has 0 saturated carbocycles. The number of piperazine rings is 1. The van der Waals surface area contributed by atoms with E-state index >= 15 is 0 Å². The molecule has 14 heteroatoms. The number of carbonyl (C=O) groups excluding carboxylic acids is 1. The highest BCUT2D eigenvalue weighted by Gasteiger charge is 2.38. The van der Waals surface area contributed by atoms with Gasteiger partial charge in [0.15, 0.2) is 11.4 Å².